The molecule has 10 nitrogen and oxygen atoms in total. The highest BCUT2D eigenvalue weighted by molar-refractivity contribution is 6.38. The molecule has 4 rings (SSSR count). The van der Waals surface area contributed by atoms with E-state index in [1.165, 1.54) is 0 Å². The summed E-state index contributed by atoms with van der Waals surface area (Å²) in [6, 6.07) is 1.43. The number of fused-ring (bicyclic) bond motifs is 3. The van der Waals surface area contributed by atoms with Crippen molar-refractivity contribution in [3.8, 4) is 0 Å². The van der Waals surface area contributed by atoms with Crippen molar-refractivity contribution in [1.29, 1.82) is 0 Å². The van der Waals surface area contributed by atoms with Gasteiger partial charge in [-0.1, -0.05) is 62.7 Å². The van der Waals surface area contributed by atoms with Crippen molar-refractivity contribution in [1.82, 2.24) is 20.9 Å². The van der Waals surface area contributed by atoms with Gasteiger partial charge in [-0.3, -0.25) is 14.4 Å². The van der Waals surface area contributed by atoms with Crippen LogP contribution in [0.4, 0.5) is 4.79 Å². The molecular weight excluding hydrogens is 557 g/mol. The highest BCUT2D eigenvalue weighted by Gasteiger charge is 2.47. The zero-order chi connectivity index (χ0) is 29.2. The van der Waals surface area contributed by atoms with Gasteiger partial charge in [0, 0.05) is 22.5 Å². The fourth-order valence-corrected chi connectivity index (χ4v) is 6.69. The van der Waals surface area contributed by atoms with Crippen LogP contribution in [0.25, 0.3) is 10.9 Å². The van der Waals surface area contributed by atoms with Crippen LogP contribution in [0.1, 0.15) is 70.1 Å². The Hall–Kier alpha value is -2.98. The monoisotopic (exact) mass is 593 g/mol. The van der Waals surface area contributed by atoms with E-state index in [1.54, 1.807) is 12.1 Å². The van der Waals surface area contributed by atoms with Gasteiger partial charge in [0.1, 0.15) is 17.6 Å². The summed E-state index contributed by atoms with van der Waals surface area (Å²) in [5, 5.41) is 19.3. The molecule has 1 unspecified atom stereocenters. The molecule has 12 heteroatoms. The summed E-state index contributed by atoms with van der Waals surface area (Å²) in [6.07, 6.45) is 4.24. The summed E-state index contributed by atoms with van der Waals surface area (Å²) >= 11 is 12.8. The largest absolute Gasteiger partial charge is 0.465 e. The van der Waals surface area contributed by atoms with Crippen molar-refractivity contribution in [2.75, 3.05) is 0 Å². The number of carbonyl (C=O) groups excluding carboxylic acids is 3. The molecule has 218 valence electrons. The summed E-state index contributed by atoms with van der Waals surface area (Å²) in [7, 11) is 0. The number of carbonyl (C=O) groups is 4. The number of amides is 4. The van der Waals surface area contributed by atoms with E-state index in [1.807, 2.05) is 13.8 Å². The number of primary amides is 1. The minimum Gasteiger partial charge on any atom is -0.465 e. The smallest absolute Gasteiger partial charge is 0.405 e. The van der Waals surface area contributed by atoms with Gasteiger partial charge < -0.3 is 31.8 Å². The zero-order valence-electron chi connectivity index (χ0n) is 22.7. The molecule has 0 bridgehead atoms. The van der Waals surface area contributed by atoms with Crippen LogP contribution >= 0.6 is 23.2 Å². The van der Waals surface area contributed by atoms with Crippen LogP contribution < -0.4 is 21.7 Å². The number of aryl methyl sites for hydroxylation is 1. The summed E-state index contributed by atoms with van der Waals surface area (Å²) in [5.74, 6) is -2.20. The Morgan fingerprint density at radius 2 is 1.85 bits per heavy atom. The van der Waals surface area contributed by atoms with Crippen molar-refractivity contribution in [2.45, 2.75) is 89.3 Å². The minimum atomic E-state index is -1.47. The number of carboxylic acid groups (broad SMARTS) is 1. The highest BCUT2D eigenvalue weighted by Crippen LogP contribution is 2.38. The Morgan fingerprint density at radius 3 is 2.48 bits per heavy atom. The van der Waals surface area contributed by atoms with Crippen LogP contribution in [0, 0.1) is 11.8 Å². The lowest BCUT2D eigenvalue weighted by atomic mass is 9.77. The first-order chi connectivity index (χ1) is 19.0. The lowest BCUT2D eigenvalue weighted by Crippen LogP contribution is -2.67. The van der Waals surface area contributed by atoms with Crippen molar-refractivity contribution in [2.24, 2.45) is 17.6 Å². The van der Waals surface area contributed by atoms with Crippen LogP contribution in [-0.2, 0) is 27.2 Å². The third-order valence-corrected chi connectivity index (χ3v) is 9.10. The Balaban J connectivity index is 1.74. The number of benzene rings is 1. The van der Waals surface area contributed by atoms with E-state index in [2.05, 4.69) is 20.9 Å². The molecule has 1 fully saturated rings. The summed E-state index contributed by atoms with van der Waals surface area (Å²) < 4.78 is 0. The molecule has 0 saturated heterocycles. The van der Waals surface area contributed by atoms with Gasteiger partial charge in [-0.2, -0.15) is 0 Å². The second-order valence-electron chi connectivity index (χ2n) is 11.2. The molecule has 1 heterocycles. The maximum Gasteiger partial charge on any atom is 0.405 e. The molecule has 0 spiro atoms. The fourth-order valence-electron chi connectivity index (χ4n) is 6.15. The summed E-state index contributed by atoms with van der Waals surface area (Å²) in [4.78, 5) is 55.2. The van der Waals surface area contributed by atoms with Crippen molar-refractivity contribution >= 4 is 57.9 Å². The van der Waals surface area contributed by atoms with Crippen molar-refractivity contribution in [3.63, 3.8) is 0 Å². The van der Waals surface area contributed by atoms with E-state index in [-0.39, 0.29) is 24.7 Å². The van der Waals surface area contributed by atoms with Gasteiger partial charge >= 0.3 is 6.09 Å². The normalized spacial score (nSPS) is 21.6. The van der Waals surface area contributed by atoms with Crippen molar-refractivity contribution in [3.05, 3.63) is 33.4 Å². The maximum absolute atomic E-state index is 14.1. The Kier molecular flexibility index (Phi) is 9.19. The standard InChI is InChI=1S/C28H37Cl2N5O5/c1-3-14(2)21(24(31)36)33-26(38)28(35-25(37)22(34-27(39)40)15-7-5-4-6-8-15)10-9-20-18(13-28)17-11-16(29)12-19(30)23(17)32-20/h11-12,14-15,21-22,32,34H,3-10,13H2,1-2H3,(H2,31,36)(H,33,38)(H,35,37)(H,39,40)/t14?,21-,22-,28+/m0/s1. The number of aromatic nitrogens is 1. The number of hydrogen-bond donors (Lipinski definition) is 6. The van der Waals surface area contributed by atoms with E-state index in [4.69, 9.17) is 28.9 Å². The minimum absolute atomic E-state index is 0.0903. The molecule has 4 atom stereocenters. The number of nitrogens with two attached hydrogens (primary N) is 1. The molecular formula is C28H37Cl2N5O5. The Morgan fingerprint density at radius 1 is 1.15 bits per heavy atom. The zero-order valence-corrected chi connectivity index (χ0v) is 24.3. The first-order valence-electron chi connectivity index (χ1n) is 13.9. The summed E-state index contributed by atoms with van der Waals surface area (Å²) in [5.41, 5.74) is 6.52. The van der Waals surface area contributed by atoms with Gasteiger partial charge in [-0.15, -0.1) is 0 Å². The van der Waals surface area contributed by atoms with Gasteiger partial charge in [0.05, 0.1) is 10.5 Å². The predicted octanol–water partition coefficient (Wildman–Crippen LogP) is 4.05. The SMILES string of the molecule is CCC(C)[C@H](NC(=O)[C@@]1(NC(=O)[C@@H](NC(=O)O)C2CCCCC2)CCc2[nH]c3c(Cl)cc(Cl)cc3c2C1)C(N)=O. The number of aromatic amines is 1. The van der Waals surface area contributed by atoms with E-state index >= 15 is 0 Å². The maximum atomic E-state index is 14.1. The van der Waals surface area contributed by atoms with E-state index in [0.717, 1.165) is 35.9 Å². The number of halogens is 2. The second-order valence-corrected chi connectivity index (χ2v) is 12.0. The van der Waals surface area contributed by atoms with Gasteiger partial charge in [0.25, 0.3) is 0 Å². The first kappa shape index (κ1) is 30.0. The molecule has 2 aliphatic carbocycles. The highest BCUT2D eigenvalue weighted by atomic mass is 35.5. The third kappa shape index (κ3) is 6.17. The predicted molar refractivity (Wildman–Crippen MR) is 153 cm³/mol. The fraction of sp³-hybridized carbons (Fsp3) is 0.571. The topological polar surface area (TPSA) is 166 Å². The van der Waals surface area contributed by atoms with Crippen LogP contribution in [0.5, 0.6) is 0 Å². The molecule has 1 saturated carbocycles. The Labute approximate surface area is 243 Å². The van der Waals surface area contributed by atoms with E-state index < -0.39 is 41.4 Å². The van der Waals surface area contributed by atoms with Gasteiger partial charge in [-0.05, 0) is 55.2 Å². The molecule has 2 aromatic rings. The second kappa shape index (κ2) is 12.3. The van der Waals surface area contributed by atoms with Crippen molar-refractivity contribution < 1.29 is 24.3 Å². The molecule has 1 aromatic heterocycles. The molecule has 4 amide bonds. The lowest BCUT2D eigenvalue weighted by molar-refractivity contribution is -0.138. The van der Waals surface area contributed by atoms with E-state index in [0.29, 0.717) is 41.2 Å². The number of rotatable bonds is 9. The van der Waals surface area contributed by atoms with Gasteiger partial charge in [0.2, 0.25) is 17.7 Å². The molecule has 0 radical (unpaired) electrons. The van der Waals surface area contributed by atoms with Crippen LogP contribution in [0.15, 0.2) is 12.1 Å². The first-order valence-corrected chi connectivity index (χ1v) is 14.6. The molecule has 40 heavy (non-hydrogen) atoms. The van der Waals surface area contributed by atoms with Crippen LogP contribution in [-0.4, -0.2) is 51.5 Å². The van der Waals surface area contributed by atoms with E-state index in [9.17, 15) is 24.3 Å². The van der Waals surface area contributed by atoms with Crippen LogP contribution in [0.3, 0.4) is 0 Å². The number of nitrogens with one attached hydrogen (secondary N) is 4. The molecule has 7 N–H and O–H groups in total. The summed E-state index contributed by atoms with van der Waals surface area (Å²) in [6.45, 7) is 3.71. The third-order valence-electron chi connectivity index (χ3n) is 8.59. The molecule has 2 aliphatic rings. The number of hydrogen-bond acceptors (Lipinski definition) is 4. The quantitative estimate of drug-likeness (QED) is 0.257. The van der Waals surface area contributed by atoms with Gasteiger partial charge in [-0.25, -0.2) is 4.79 Å². The Bertz CT molecular complexity index is 1310. The molecule has 0 aliphatic heterocycles. The molecule has 1 aromatic carbocycles. The average Bonchev–Trinajstić information content (AvgIpc) is 3.27. The number of H-pyrrole nitrogens is 1. The van der Waals surface area contributed by atoms with Gasteiger partial charge in [0.15, 0.2) is 0 Å². The average molecular weight is 595 g/mol. The lowest BCUT2D eigenvalue weighted by Gasteiger charge is -2.40. The van der Waals surface area contributed by atoms with Crippen LogP contribution in [0.2, 0.25) is 10.0 Å².